The lowest BCUT2D eigenvalue weighted by molar-refractivity contribution is -0.760. The summed E-state index contributed by atoms with van der Waals surface area (Å²) in [5.74, 6) is -0.0630. The van der Waals surface area contributed by atoms with Gasteiger partial charge in [0.25, 0.3) is 0 Å². The molecule has 0 saturated carbocycles. The highest BCUT2D eigenvalue weighted by Crippen LogP contribution is 2.57. The summed E-state index contributed by atoms with van der Waals surface area (Å²) < 4.78 is 21.4. The smallest absolute Gasteiger partial charge is 0.207 e. The predicted octanol–water partition coefficient (Wildman–Crippen LogP) is 10.1. The Hall–Kier alpha value is -4.11. The minimum absolute atomic E-state index is 0.0378. The molecule has 2 nitrogen and oxygen atoms in total. The number of rotatable bonds is 6. The lowest BCUT2D eigenvalue weighted by atomic mass is 9.61. The molecule has 232 valence electrons. The second kappa shape index (κ2) is 10.2. The molecule has 1 aliphatic heterocycles. The van der Waals surface area contributed by atoms with E-state index >= 15 is 4.39 Å². The highest BCUT2D eigenvalue weighted by atomic mass is 19.1. The van der Waals surface area contributed by atoms with Crippen LogP contribution in [0, 0.1) is 19.7 Å². The second-order valence-electron chi connectivity index (χ2n) is 14.6. The zero-order valence-electron chi connectivity index (χ0n) is 28.4. The van der Waals surface area contributed by atoms with Gasteiger partial charge in [-0.2, -0.15) is 8.97 Å². The normalized spacial score (nSPS) is 17.3. The summed E-state index contributed by atoms with van der Waals surface area (Å²) in [6.45, 7) is 15.8. The van der Waals surface area contributed by atoms with Crippen LogP contribution >= 0.6 is 0 Å². The van der Waals surface area contributed by atoms with Crippen molar-refractivity contribution in [3.8, 4) is 11.3 Å². The van der Waals surface area contributed by atoms with Gasteiger partial charge in [0.05, 0.1) is 22.3 Å². The summed E-state index contributed by atoms with van der Waals surface area (Å²) in [4.78, 5) is 0. The molecule has 0 saturated heterocycles. The Morgan fingerprint density at radius 2 is 1.57 bits per heavy atom. The maximum atomic E-state index is 16.4. The Morgan fingerprint density at radius 1 is 0.783 bits per heavy atom. The molecule has 2 aliphatic rings. The minimum atomic E-state index is -0.471. The average Bonchev–Trinajstić information content (AvgIpc) is 3.05. The van der Waals surface area contributed by atoms with Crippen LogP contribution in [0.3, 0.4) is 0 Å². The highest BCUT2D eigenvalue weighted by Gasteiger charge is 2.57. The number of nitrogens with zero attached hydrogens (tertiary/aromatic N) is 2. The first-order valence-electron chi connectivity index (χ1n) is 17.4. The first kappa shape index (κ1) is 29.3. The van der Waals surface area contributed by atoms with Gasteiger partial charge in [-0.05, 0) is 71.8 Å². The monoisotopic (exact) mass is 608 g/mol. The Morgan fingerprint density at radius 3 is 2.33 bits per heavy atom. The zero-order chi connectivity index (χ0) is 32.1. The lowest BCUT2D eigenvalue weighted by Crippen LogP contribution is -2.63. The third-order valence-electron chi connectivity index (χ3n) is 11.8. The zero-order valence-corrected chi connectivity index (χ0v) is 28.4. The van der Waals surface area contributed by atoms with Crippen molar-refractivity contribution >= 4 is 27.1 Å². The molecule has 1 unspecified atom stereocenters. The van der Waals surface area contributed by atoms with Crippen molar-refractivity contribution in [1.82, 2.24) is 0 Å². The summed E-state index contributed by atoms with van der Waals surface area (Å²) in [7, 11) is 0. The minimum Gasteiger partial charge on any atom is -0.207 e. The van der Waals surface area contributed by atoms with Gasteiger partial charge in [0.2, 0.25) is 11.2 Å². The summed E-state index contributed by atoms with van der Waals surface area (Å²) in [6, 6.07) is 22.3. The van der Waals surface area contributed by atoms with Gasteiger partial charge in [-0.1, -0.05) is 76.9 Å². The van der Waals surface area contributed by atoms with E-state index in [9.17, 15) is 0 Å². The van der Waals surface area contributed by atoms with Gasteiger partial charge in [0.15, 0.2) is 24.1 Å². The quantitative estimate of drug-likeness (QED) is 0.131. The van der Waals surface area contributed by atoms with Crippen LogP contribution in [0.25, 0.3) is 38.3 Å². The van der Waals surface area contributed by atoms with Crippen molar-refractivity contribution in [2.24, 2.45) is 0 Å². The van der Waals surface area contributed by atoms with Gasteiger partial charge in [-0.25, -0.2) is 4.39 Å². The Bertz CT molecular complexity index is 2240. The van der Waals surface area contributed by atoms with Gasteiger partial charge in [0.1, 0.15) is 5.82 Å². The van der Waals surface area contributed by atoms with Crippen LogP contribution in [-0.2, 0) is 17.4 Å². The summed E-state index contributed by atoms with van der Waals surface area (Å²) >= 11 is 0. The molecule has 0 bridgehead atoms. The van der Waals surface area contributed by atoms with E-state index in [1.807, 2.05) is 0 Å². The fourth-order valence-electron chi connectivity index (χ4n) is 9.41. The van der Waals surface area contributed by atoms with E-state index in [2.05, 4.69) is 131 Å². The molecule has 3 heteroatoms. The first-order valence-corrected chi connectivity index (χ1v) is 17.4. The number of halogens is 1. The molecule has 3 aromatic heterocycles. The van der Waals surface area contributed by atoms with E-state index in [-0.39, 0.29) is 17.3 Å². The largest absolute Gasteiger partial charge is 0.221 e. The molecular weight excluding hydrogens is 563 g/mol. The van der Waals surface area contributed by atoms with Gasteiger partial charge < -0.3 is 0 Å². The first-order chi connectivity index (χ1) is 22.2. The molecule has 0 radical (unpaired) electrons. The van der Waals surface area contributed by atoms with Crippen LogP contribution in [0.4, 0.5) is 4.39 Å². The van der Waals surface area contributed by atoms with Crippen LogP contribution in [0.5, 0.6) is 0 Å². The second-order valence-corrected chi connectivity index (χ2v) is 14.6. The van der Waals surface area contributed by atoms with E-state index < -0.39 is 5.41 Å². The molecule has 46 heavy (non-hydrogen) atoms. The van der Waals surface area contributed by atoms with Crippen LogP contribution < -0.4 is 8.97 Å². The number of aryl methyl sites for hydroxylation is 3. The standard InChI is InChI=1S/C43H45FN2/c1-8-11-12-28-14-17-34-37-29(28)20-22-46-41(37)38-31(16-18-35(44)40(38)42(34,6)7)39(43(46,9-2)10-3)33-25-45-21-19-27(5)24-36(45)32-23-26(4)13-15-30(32)33/h13-25,39H,8-12H2,1-7H3/q+2. The van der Waals surface area contributed by atoms with Crippen molar-refractivity contribution < 1.29 is 13.4 Å². The molecule has 0 spiro atoms. The fourth-order valence-corrected chi connectivity index (χ4v) is 9.41. The maximum absolute atomic E-state index is 16.4. The van der Waals surface area contributed by atoms with Crippen LogP contribution in [0.15, 0.2) is 79.3 Å². The van der Waals surface area contributed by atoms with E-state index in [0.29, 0.717) is 0 Å². The van der Waals surface area contributed by atoms with Crippen LogP contribution in [0.1, 0.15) is 105 Å². The molecule has 8 rings (SSSR count). The van der Waals surface area contributed by atoms with E-state index in [0.717, 1.165) is 30.4 Å². The number of pyridine rings is 3. The van der Waals surface area contributed by atoms with Crippen LogP contribution in [-0.4, -0.2) is 0 Å². The average molecular weight is 609 g/mol. The Labute approximate surface area is 272 Å². The SMILES string of the molecule is CCCCc1ccc2c3c4[n+](ccc13)C(CC)(CC)C(c1c[n+]3ccc(C)cc3c3cc(C)ccc13)c1ccc(F)c(c1-4)C2(C)C. The summed E-state index contributed by atoms with van der Waals surface area (Å²) in [5.41, 5.74) is 11.4. The van der Waals surface area contributed by atoms with Gasteiger partial charge in [-0.15, -0.1) is 0 Å². The molecule has 1 aliphatic carbocycles. The third-order valence-corrected chi connectivity index (χ3v) is 11.8. The number of unbranched alkanes of at least 4 members (excludes halogenated alkanes) is 1. The molecular formula is C43H45FN2+2. The van der Waals surface area contributed by atoms with Crippen molar-refractivity contribution in [3.63, 3.8) is 0 Å². The molecule has 3 aromatic carbocycles. The molecule has 0 fully saturated rings. The number of hydrogen-bond acceptors (Lipinski definition) is 0. The highest BCUT2D eigenvalue weighted by molar-refractivity contribution is 6.03. The van der Waals surface area contributed by atoms with Gasteiger partial charge in [-0.3, -0.25) is 0 Å². The van der Waals surface area contributed by atoms with Crippen molar-refractivity contribution in [3.05, 3.63) is 124 Å². The molecule has 1 atom stereocenters. The topological polar surface area (TPSA) is 7.98 Å². The molecule has 4 heterocycles. The van der Waals surface area contributed by atoms with Crippen molar-refractivity contribution in [2.45, 2.75) is 97.4 Å². The summed E-state index contributed by atoms with van der Waals surface area (Å²) in [6.07, 6.45) is 12.3. The summed E-state index contributed by atoms with van der Waals surface area (Å²) in [5, 5.41) is 5.22. The van der Waals surface area contributed by atoms with Crippen LogP contribution in [0.2, 0.25) is 0 Å². The Balaban J connectivity index is 1.55. The van der Waals surface area contributed by atoms with Gasteiger partial charge >= 0.3 is 0 Å². The van der Waals surface area contributed by atoms with E-state index in [1.54, 1.807) is 6.07 Å². The third kappa shape index (κ3) is 3.75. The molecule has 0 amide bonds. The van der Waals surface area contributed by atoms with E-state index in [1.165, 1.54) is 79.0 Å². The number of fused-ring (bicyclic) bond motifs is 3. The van der Waals surface area contributed by atoms with Crippen molar-refractivity contribution in [1.29, 1.82) is 0 Å². The number of aromatic nitrogens is 2. The molecule has 0 N–H and O–H groups in total. The maximum Gasteiger partial charge on any atom is 0.221 e. The number of benzene rings is 3. The lowest BCUT2D eigenvalue weighted by Gasteiger charge is -2.44. The van der Waals surface area contributed by atoms with Crippen molar-refractivity contribution in [2.75, 3.05) is 0 Å². The fraction of sp³-hybridized carbons (Fsp3) is 0.349. The van der Waals surface area contributed by atoms with Gasteiger partial charge in [0, 0.05) is 47.6 Å². The van der Waals surface area contributed by atoms with E-state index in [4.69, 9.17) is 0 Å². The number of hydrogen-bond donors (Lipinski definition) is 0. The Kier molecular flexibility index (Phi) is 6.49. The predicted molar refractivity (Wildman–Crippen MR) is 187 cm³/mol. The molecule has 6 aromatic rings.